The molecule has 0 spiro atoms. The number of aromatic nitrogens is 2. The molecule has 4 nitrogen and oxygen atoms in total. The topological polar surface area (TPSA) is 65.7 Å². The fraction of sp³-hybridized carbons (Fsp3) is 0. The molecule has 180 valence electrons. The molecular formula is C34H22N2O2. The molecule has 0 unspecified atom stereocenters. The van der Waals surface area contributed by atoms with E-state index in [0.717, 1.165) is 43.1 Å². The first-order valence-electron chi connectivity index (χ1n) is 12.5. The molecule has 6 aromatic carbocycles. The summed E-state index contributed by atoms with van der Waals surface area (Å²) in [6.07, 6.45) is 0. The highest BCUT2D eigenvalue weighted by Gasteiger charge is 2.05. The van der Waals surface area contributed by atoms with E-state index < -0.39 is 0 Å². The van der Waals surface area contributed by atoms with Gasteiger partial charge in [-0.15, -0.1) is 0 Å². The van der Waals surface area contributed by atoms with Crippen LogP contribution in [0.4, 0.5) is 0 Å². The predicted molar refractivity (Wildman–Crippen MR) is 159 cm³/mol. The van der Waals surface area contributed by atoms with Crippen LogP contribution in [0.25, 0.3) is 64.9 Å². The maximum absolute atomic E-state index is 13.7. The van der Waals surface area contributed by atoms with E-state index in [1.807, 2.05) is 121 Å². The van der Waals surface area contributed by atoms with Crippen LogP contribution in [0, 0.1) is 0 Å². The second kappa shape index (κ2) is 8.71. The van der Waals surface area contributed by atoms with E-state index in [0.29, 0.717) is 21.8 Å². The summed E-state index contributed by atoms with van der Waals surface area (Å²) >= 11 is 0. The lowest BCUT2D eigenvalue weighted by Crippen LogP contribution is -2.04. The van der Waals surface area contributed by atoms with Crippen LogP contribution in [0.15, 0.2) is 131 Å². The number of benzene rings is 6. The van der Waals surface area contributed by atoms with Gasteiger partial charge in [0.25, 0.3) is 11.1 Å². The van der Waals surface area contributed by atoms with Crippen molar-refractivity contribution in [1.82, 2.24) is 9.97 Å². The zero-order chi connectivity index (χ0) is 25.6. The van der Waals surface area contributed by atoms with Crippen LogP contribution in [0.5, 0.6) is 0 Å². The maximum atomic E-state index is 13.7. The number of aromatic amines is 2. The van der Waals surface area contributed by atoms with Crippen LogP contribution in [0.1, 0.15) is 0 Å². The number of para-hydroxylation sites is 2. The van der Waals surface area contributed by atoms with E-state index in [2.05, 4.69) is 9.97 Å². The quantitative estimate of drug-likeness (QED) is 0.229. The van der Waals surface area contributed by atoms with Crippen LogP contribution in [-0.4, -0.2) is 9.97 Å². The van der Waals surface area contributed by atoms with Crippen molar-refractivity contribution in [3.8, 4) is 0 Å². The van der Waals surface area contributed by atoms with Gasteiger partial charge in [0.1, 0.15) is 0 Å². The summed E-state index contributed by atoms with van der Waals surface area (Å²) < 4.78 is 0. The van der Waals surface area contributed by atoms with Gasteiger partial charge in [0, 0.05) is 32.6 Å². The average molecular weight is 491 g/mol. The highest BCUT2D eigenvalue weighted by atomic mass is 16.1. The smallest absolute Gasteiger partial charge is 0.256 e. The fourth-order valence-electron chi connectivity index (χ4n) is 5.34. The molecule has 0 aliphatic heterocycles. The molecule has 38 heavy (non-hydrogen) atoms. The monoisotopic (exact) mass is 490 g/mol. The van der Waals surface area contributed by atoms with E-state index in [-0.39, 0.29) is 11.1 Å². The van der Waals surface area contributed by atoms with E-state index in [4.69, 9.17) is 0 Å². The Bertz CT molecular complexity index is 2130. The SMILES string of the molecule is O=c1[nH]c2ccccc2c2ccc3cccc(c(=O)[nH]c4ccccc4c4ccc5cccc1c5c4)c3c2. The fourth-order valence-corrected chi connectivity index (χ4v) is 5.34. The molecule has 4 bridgehead atoms. The van der Waals surface area contributed by atoms with Crippen LogP contribution >= 0.6 is 0 Å². The second-order valence-corrected chi connectivity index (χ2v) is 9.48. The lowest BCUT2D eigenvalue weighted by molar-refractivity contribution is 1.35. The van der Waals surface area contributed by atoms with Crippen molar-refractivity contribution in [2.24, 2.45) is 0 Å². The van der Waals surface area contributed by atoms with Crippen molar-refractivity contribution in [3.63, 3.8) is 0 Å². The van der Waals surface area contributed by atoms with Crippen molar-refractivity contribution in [2.45, 2.75) is 0 Å². The van der Waals surface area contributed by atoms with Crippen molar-refractivity contribution in [3.05, 3.63) is 142 Å². The molecule has 1 heterocycles. The minimum absolute atomic E-state index is 0.171. The minimum atomic E-state index is -0.171. The molecule has 0 saturated carbocycles. The van der Waals surface area contributed by atoms with Gasteiger partial charge in [-0.25, -0.2) is 0 Å². The van der Waals surface area contributed by atoms with Crippen molar-refractivity contribution < 1.29 is 0 Å². The second-order valence-electron chi connectivity index (χ2n) is 9.48. The first kappa shape index (κ1) is 22.0. The zero-order valence-electron chi connectivity index (χ0n) is 20.4. The normalized spacial score (nSPS) is 11.4. The Morgan fingerprint density at radius 2 is 0.737 bits per heavy atom. The number of rotatable bonds is 0. The number of fused-ring (bicyclic) bond motifs is 6. The molecule has 7 rings (SSSR count). The van der Waals surface area contributed by atoms with Crippen molar-refractivity contribution in [2.75, 3.05) is 0 Å². The highest BCUT2D eigenvalue weighted by Crippen LogP contribution is 2.26. The minimum Gasteiger partial charge on any atom is -0.321 e. The van der Waals surface area contributed by atoms with Crippen molar-refractivity contribution in [1.29, 1.82) is 0 Å². The van der Waals surface area contributed by atoms with Gasteiger partial charge < -0.3 is 9.97 Å². The van der Waals surface area contributed by atoms with Crippen LogP contribution in [-0.2, 0) is 0 Å². The highest BCUT2D eigenvalue weighted by molar-refractivity contribution is 6.07. The molecule has 4 heteroatoms. The van der Waals surface area contributed by atoms with Crippen molar-refractivity contribution >= 4 is 64.9 Å². The van der Waals surface area contributed by atoms with Gasteiger partial charge in [0.2, 0.25) is 0 Å². The van der Waals surface area contributed by atoms with Crippen LogP contribution in [0.3, 0.4) is 0 Å². The Balaban J connectivity index is 1.81. The van der Waals surface area contributed by atoms with Gasteiger partial charge in [0.15, 0.2) is 0 Å². The first-order valence-corrected chi connectivity index (χ1v) is 12.5. The predicted octanol–water partition coefficient (Wildman–Crippen LogP) is 7.67. The summed E-state index contributed by atoms with van der Waals surface area (Å²) in [5.41, 5.74) is 1.08. The third-order valence-corrected chi connectivity index (χ3v) is 7.23. The molecular weight excluding hydrogens is 468 g/mol. The standard InChI is InChI=1S/C34H22N2O2/c37-33-28-12-6-8-22-16-18-24(20-30(22)28)26-10-2-4-14-32(26)36-34(38)27-11-5-7-21-15-17-23(19-29(21)27)25-9-1-3-13-31(25)35-33/h1-20H,(H,35,37)(H,36,38). The van der Waals surface area contributed by atoms with Gasteiger partial charge in [0.05, 0.1) is 0 Å². The Hall–Kier alpha value is -5.22. The molecule has 0 saturated heterocycles. The molecule has 2 N–H and O–H groups in total. The molecule has 0 fully saturated rings. The lowest BCUT2D eigenvalue weighted by atomic mass is 10.0. The van der Waals surface area contributed by atoms with Crippen LogP contribution in [0.2, 0.25) is 0 Å². The lowest BCUT2D eigenvalue weighted by Gasteiger charge is -2.04. The Morgan fingerprint density at radius 3 is 1.21 bits per heavy atom. The third-order valence-electron chi connectivity index (χ3n) is 7.23. The molecule has 0 aliphatic rings. The van der Waals surface area contributed by atoms with E-state index >= 15 is 0 Å². The number of nitrogens with one attached hydrogen (secondary N) is 2. The largest absolute Gasteiger partial charge is 0.321 e. The van der Waals surface area contributed by atoms with E-state index in [1.165, 1.54) is 0 Å². The Labute approximate surface area is 216 Å². The zero-order valence-corrected chi connectivity index (χ0v) is 20.4. The average Bonchev–Trinajstić information content (AvgIpc) is 2.96. The van der Waals surface area contributed by atoms with E-state index in [9.17, 15) is 9.59 Å². The Kier molecular flexibility index (Phi) is 5.05. The molecule has 0 aliphatic carbocycles. The number of hydrogen-bond acceptors (Lipinski definition) is 2. The van der Waals surface area contributed by atoms with Gasteiger partial charge in [-0.2, -0.15) is 0 Å². The summed E-state index contributed by atoms with van der Waals surface area (Å²) in [4.78, 5) is 33.7. The van der Waals surface area contributed by atoms with Gasteiger partial charge >= 0.3 is 0 Å². The van der Waals surface area contributed by atoms with Gasteiger partial charge in [-0.3, -0.25) is 9.59 Å². The summed E-state index contributed by atoms with van der Waals surface area (Å²) in [7, 11) is 0. The van der Waals surface area contributed by atoms with Gasteiger partial charge in [-0.1, -0.05) is 84.9 Å². The first-order chi connectivity index (χ1) is 18.7. The number of H-pyrrole nitrogens is 2. The summed E-state index contributed by atoms with van der Waals surface area (Å²) in [6, 6.07) is 39.2. The molecule has 0 radical (unpaired) electrons. The molecule has 1 aromatic heterocycles. The summed E-state index contributed by atoms with van der Waals surface area (Å²) in [6.45, 7) is 0. The van der Waals surface area contributed by atoms with Gasteiger partial charge in [-0.05, 0) is 68.7 Å². The van der Waals surface area contributed by atoms with Crippen LogP contribution < -0.4 is 11.1 Å². The van der Waals surface area contributed by atoms with E-state index in [1.54, 1.807) is 0 Å². The molecule has 7 aromatic rings. The molecule has 0 atom stereocenters. The summed E-state index contributed by atoms with van der Waals surface area (Å²) in [5, 5.41) is 8.42. The Morgan fingerprint density at radius 1 is 0.342 bits per heavy atom. The third kappa shape index (κ3) is 3.62. The number of hydrogen-bond donors (Lipinski definition) is 2. The summed E-state index contributed by atoms with van der Waals surface area (Å²) in [5.74, 6) is 0. The molecule has 0 amide bonds. The maximum Gasteiger partial charge on any atom is 0.256 e.